The Morgan fingerprint density at radius 2 is 1.97 bits per heavy atom. The maximum absolute atomic E-state index is 13.0. The standard InChI is InChI=1S/C23H27N7O2.3ClH/c1-14-11-16(15(2)29-20(14)24)12-28-22(31)19-7-6-18-13-27-21(23(32)30(18)19)26-10-8-17-5-3-4-9-25-17;;;/h3-5,9,11,13,19H,6-8,10,12H2,1-2H3,(H2,24,29)(H,26,27)(H,28,31);3*1H/t19-;;;/m0.../s1. The number of anilines is 2. The van der Waals surface area contributed by atoms with Gasteiger partial charge in [0.2, 0.25) is 5.91 Å². The number of pyridine rings is 2. The Hall–Kier alpha value is -2.88. The molecule has 9 nitrogen and oxygen atoms in total. The van der Waals surface area contributed by atoms with Crippen molar-refractivity contribution in [2.45, 2.75) is 45.7 Å². The molecule has 0 bridgehead atoms. The van der Waals surface area contributed by atoms with Crippen LogP contribution in [0.4, 0.5) is 11.6 Å². The van der Waals surface area contributed by atoms with Crippen molar-refractivity contribution in [3.63, 3.8) is 0 Å². The average molecular weight is 543 g/mol. The summed E-state index contributed by atoms with van der Waals surface area (Å²) in [4.78, 5) is 38.9. The summed E-state index contributed by atoms with van der Waals surface area (Å²) in [5, 5.41) is 6.04. The van der Waals surface area contributed by atoms with Gasteiger partial charge in [0.1, 0.15) is 11.9 Å². The molecule has 1 aliphatic heterocycles. The number of hydrogen-bond donors (Lipinski definition) is 3. The predicted molar refractivity (Wildman–Crippen MR) is 144 cm³/mol. The van der Waals surface area contributed by atoms with Crippen molar-refractivity contribution in [3.05, 3.63) is 75.2 Å². The summed E-state index contributed by atoms with van der Waals surface area (Å²) in [7, 11) is 0. The molecule has 0 spiro atoms. The molecule has 0 radical (unpaired) electrons. The molecule has 0 saturated carbocycles. The van der Waals surface area contributed by atoms with Crippen LogP contribution in [-0.2, 0) is 24.2 Å². The van der Waals surface area contributed by atoms with E-state index in [-0.39, 0.29) is 54.5 Å². The summed E-state index contributed by atoms with van der Waals surface area (Å²) in [5.41, 5.74) is 9.82. The van der Waals surface area contributed by atoms with Crippen molar-refractivity contribution in [1.29, 1.82) is 0 Å². The van der Waals surface area contributed by atoms with Gasteiger partial charge >= 0.3 is 0 Å². The third-order valence-electron chi connectivity index (χ3n) is 5.76. The molecule has 1 aliphatic rings. The van der Waals surface area contributed by atoms with E-state index >= 15 is 0 Å². The molecule has 190 valence electrons. The molecule has 1 amide bonds. The van der Waals surface area contributed by atoms with Crippen molar-refractivity contribution < 1.29 is 4.79 Å². The van der Waals surface area contributed by atoms with E-state index < -0.39 is 6.04 Å². The Kier molecular flexibility index (Phi) is 11.4. The quantitative estimate of drug-likeness (QED) is 0.419. The second kappa shape index (κ2) is 13.3. The molecule has 0 saturated heterocycles. The molecule has 0 unspecified atom stereocenters. The van der Waals surface area contributed by atoms with Crippen LogP contribution in [0, 0.1) is 13.8 Å². The molecule has 3 aromatic heterocycles. The molecule has 12 heteroatoms. The van der Waals surface area contributed by atoms with Crippen molar-refractivity contribution >= 4 is 54.8 Å². The number of nitrogen functional groups attached to an aromatic ring is 1. The largest absolute Gasteiger partial charge is 0.383 e. The van der Waals surface area contributed by atoms with Gasteiger partial charge in [-0.05, 0) is 56.0 Å². The van der Waals surface area contributed by atoms with E-state index in [1.165, 1.54) is 0 Å². The van der Waals surface area contributed by atoms with Gasteiger partial charge in [-0.15, -0.1) is 37.2 Å². The first-order valence-corrected chi connectivity index (χ1v) is 10.7. The van der Waals surface area contributed by atoms with Gasteiger partial charge in [0, 0.05) is 49.0 Å². The molecule has 1 atom stereocenters. The Morgan fingerprint density at radius 3 is 2.69 bits per heavy atom. The van der Waals surface area contributed by atoms with Crippen molar-refractivity contribution in [2.24, 2.45) is 0 Å². The van der Waals surface area contributed by atoms with Gasteiger partial charge in [0.25, 0.3) is 5.56 Å². The van der Waals surface area contributed by atoms with Crippen molar-refractivity contribution in [1.82, 2.24) is 24.8 Å². The second-order valence-corrected chi connectivity index (χ2v) is 7.98. The molecule has 0 fully saturated rings. The van der Waals surface area contributed by atoms with E-state index in [1.807, 2.05) is 38.1 Å². The summed E-state index contributed by atoms with van der Waals surface area (Å²) < 4.78 is 1.56. The fourth-order valence-electron chi connectivity index (χ4n) is 3.93. The Bertz CT molecular complexity index is 1210. The first-order chi connectivity index (χ1) is 15.4. The molecule has 0 aromatic carbocycles. The van der Waals surface area contributed by atoms with Crippen LogP contribution in [0.15, 0.2) is 41.5 Å². The number of amides is 1. The van der Waals surface area contributed by atoms with Crippen LogP contribution in [0.5, 0.6) is 0 Å². The monoisotopic (exact) mass is 541 g/mol. The number of nitrogens with two attached hydrogens (primary N) is 1. The van der Waals surface area contributed by atoms with Crippen LogP contribution < -0.4 is 21.9 Å². The summed E-state index contributed by atoms with van der Waals surface area (Å²) in [6, 6.07) is 7.10. The SMILES string of the molecule is Cc1cc(CNC(=O)[C@@H]2CCc3cnc(NCCc4ccccn4)c(=O)n32)c(C)nc1N.Cl.Cl.Cl. The fraction of sp³-hybridized carbons (Fsp3) is 0.348. The maximum atomic E-state index is 13.0. The third-order valence-corrected chi connectivity index (χ3v) is 5.76. The Labute approximate surface area is 222 Å². The molecule has 35 heavy (non-hydrogen) atoms. The zero-order valence-corrected chi connectivity index (χ0v) is 21.9. The van der Waals surface area contributed by atoms with Crippen LogP contribution >= 0.6 is 37.2 Å². The van der Waals surface area contributed by atoms with Gasteiger partial charge < -0.3 is 16.4 Å². The van der Waals surface area contributed by atoms with E-state index in [4.69, 9.17) is 5.73 Å². The van der Waals surface area contributed by atoms with Gasteiger partial charge in [-0.25, -0.2) is 9.97 Å². The summed E-state index contributed by atoms with van der Waals surface area (Å²) in [5.74, 6) is 0.549. The highest BCUT2D eigenvalue weighted by molar-refractivity contribution is 5.86. The van der Waals surface area contributed by atoms with Crippen LogP contribution in [0.3, 0.4) is 0 Å². The van der Waals surface area contributed by atoms with E-state index in [2.05, 4.69) is 25.6 Å². The summed E-state index contributed by atoms with van der Waals surface area (Å²) in [6.07, 6.45) is 5.29. The lowest BCUT2D eigenvalue weighted by Gasteiger charge is -2.16. The smallest absolute Gasteiger partial charge is 0.294 e. The number of rotatable bonds is 7. The van der Waals surface area contributed by atoms with Gasteiger partial charge in [0.05, 0.1) is 0 Å². The molecule has 4 heterocycles. The van der Waals surface area contributed by atoms with Crippen LogP contribution in [0.1, 0.15) is 40.7 Å². The van der Waals surface area contributed by atoms with Gasteiger partial charge in [-0.1, -0.05) is 6.07 Å². The van der Waals surface area contributed by atoms with Crippen LogP contribution in [-0.4, -0.2) is 32.0 Å². The number of carbonyl (C=O) groups is 1. The number of hydrogen-bond acceptors (Lipinski definition) is 7. The Balaban J connectivity index is 0.00000204. The minimum Gasteiger partial charge on any atom is -0.383 e. The van der Waals surface area contributed by atoms with Gasteiger partial charge in [0.15, 0.2) is 5.82 Å². The number of nitrogens with zero attached hydrogens (tertiary/aromatic N) is 4. The lowest BCUT2D eigenvalue weighted by molar-refractivity contribution is -0.124. The number of aryl methyl sites for hydroxylation is 3. The number of halogens is 3. The lowest BCUT2D eigenvalue weighted by atomic mass is 10.1. The minimum atomic E-state index is -0.556. The molecule has 3 aromatic rings. The van der Waals surface area contributed by atoms with Crippen molar-refractivity contribution in [3.8, 4) is 0 Å². The maximum Gasteiger partial charge on any atom is 0.294 e. The molecular formula is C23H30Cl3N7O2. The number of nitrogens with one attached hydrogen (secondary N) is 2. The first kappa shape index (κ1) is 30.2. The van der Waals surface area contributed by atoms with E-state index in [0.717, 1.165) is 28.2 Å². The summed E-state index contributed by atoms with van der Waals surface area (Å²) in [6.45, 7) is 4.61. The van der Waals surface area contributed by atoms with E-state index in [9.17, 15) is 9.59 Å². The number of carbonyl (C=O) groups excluding carboxylic acids is 1. The highest BCUT2D eigenvalue weighted by atomic mass is 35.5. The minimum absolute atomic E-state index is 0. The second-order valence-electron chi connectivity index (χ2n) is 7.98. The van der Waals surface area contributed by atoms with Gasteiger partial charge in [-0.2, -0.15) is 0 Å². The normalized spacial score (nSPS) is 13.5. The van der Waals surface area contributed by atoms with E-state index in [0.29, 0.717) is 38.2 Å². The Morgan fingerprint density at radius 1 is 1.20 bits per heavy atom. The topological polar surface area (TPSA) is 128 Å². The van der Waals surface area contributed by atoms with Gasteiger partial charge in [-0.3, -0.25) is 19.1 Å². The molecule has 0 aliphatic carbocycles. The first-order valence-electron chi connectivity index (χ1n) is 10.7. The van der Waals surface area contributed by atoms with Crippen LogP contribution in [0.25, 0.3) is 0 Å². The predicted octanol–water partition coefficient (Wildman–Crippen LogP) is 2.96. The van der Waals surface area contributed by atoms with Crippen LogP contribution in [0.2, 0.25) is 0 Å². The summed E-state index contributed by atoms with van der Waals surface area (Å²) >= 11 is 0. The highest BCUT2D eigenvalue weighted by Crippen LogP contribution is 2.24. The molecule has 4 N–H and O–H groups in total. The molecular weight excluding hydrogens is 513 g/mol. The third kappa shape index (κ3) is 6.84. The lowest BCUT2D eigenvalue weighted by Crippen LogP contribution is -2.36. The zero-order chi connectivity index (χ0) is 22.7. The van der Waals surface area contributed by atoms with Crippen molar-refractivity contribution in [2.75, 3.05) is 17.6 Å². The fourth-order valence-corrected chi connectivity index (χ4v) is 3.93. The number of fused-ring (bicyclic) bond motifs is 1. The molecule has 4 rings (SSSR count). The number of aromatic nitrogens is 4. The van der Waals surface area contributed by atoms with E-state index in [1.54, 1.807) is 17.0 Å². The zero-order valence-electron chi connectivity index (χ0n) is 19.5. The average Bonchev–Trinajstić information content (AvgIpc) is 3.22. The highest BCUT2D eigenvalue weighted by Gasteiger charge is 2.30.